The van der Waals surface area contributed by atoms with Crippen LogP contribution in [0.5, 0.6) is 0 Å². The molecule has 0 aromatic heterocycles. The topological polar surface area (TPSA) is 92.9 Å². The summed E-state index contributed by atoms with van der Waals surface area (Å²) in [5.41, 5.74) is 11.8. The highest BCUT2D eigenvalue weighted by molar-refractivity contribution is 6.32. The Balaban J connectivity index is 3.42. The molecular formula is C9H8ClN3O. The molecule has 1 rings (SSSR count). The van der Waals surface area contributed by atoms with E-state index in [0.717, 1.165) is 0 Å². The standard InChI is InChI=1S/C9H8ClN3O/c10-3-7(14)8-6(12)2-1-5(4-11)9(8)13/h1-2H,3,12-13H2. The first-order valence-corrected chi connectivity index (χ1v) is 4.32. The summed E-state index contributed by atoms with van der Waals surface area (Å²) in [5, 5.41) is 8.67. The number of alkyl halides is 1. The van der Waals surface area contributed by atoms with Crippen molar-refractivity contribution in [1.82, 2.24) is 0 Å². The number of carbonyl (C=O) groups is 1. The van der Waals surface area contributed by atoms with Crippen molar-refractivity contribution in [3.05, 3.63) is 23.3 Å². The first-order valence-electron chi connectivity index (χ1n) is 3.79. The summed E-state index contributed by atoms with van der Waals surface area (Å²) in [4.78, 5) is 11.3. The predicted octanol–water partition coefficient (Wildman–Crippen LogP) is 1.14. The molecule has 0 unspecified atom stereocenters. The van der Waals surface area contributed by atoms with Crippen molar-refractivity contribution in [3.63, 3.8) is 0 Å². The third kappa shape index (κ3) is 1.63. The van der Waals surface area contributed by atoms with Gasteiger partial charge in [0.1, 0.15) is 6.07 Å². The minimum Gasteiger partial charge on any atom is -0.398 e. The van der Waals surface area contributed by atoms with Crippen molar-refractivity contribution in [2.24, 2.45) is 0 Å². The van der Waals surface area contributed by atoms with Gasteiger partial charge >= 0.3 is 0 Å². The maximum atomic E-state index is 11.3. The van der Waals surface area contributed by atoms with Crippen LogP contribution in [-0.2, 0) is 0 Å². The van der Waals surface area contributed by atoms with Gasteiger partial charge in [0.15, 0.2) is 5.78 Å². The molecule has 0 fully saturated rings. The van der Waals surface area contributed by atoms with E-state index in [-0.39, 0.29) is 34.2 Å². The fourth-order valence-electron chi connectivity index (χ4n) is 1.11. The Morgan fingerprint density at radius 1 is 1.50 bits per heavy atom. The van der Waals surface area contributed by atoms with E-state index in [1.54, 1.807) is 0 Å². The molecule has 1 aromatic rings. The van der Waals surface area contributed by atoms with Crippen molar-refractivity contribution < 1.29 is 4.79 Å². The summed E-state index contributed by atoms with van der Waals surface area (Å²) in [6.07, 6.45) is 0. The summed E-state index contributed by atoms with van der Waals surface area (Å²) in [7, 11) is 0. The number of nitrogens with two attached hydrogens (primary N) is 2. The van der Waals surface area contributed by atoms with Gasteiger partial charge in [-0.25, -0.2) is 0 Å². The summed E-state index contributed by atoms with van der Waals surface area (Å²) in [6, 6.07) is 4.80. The molecule has 0 saturated carbocycles. The molecule has 0 aliphatic heterocycles. The highest BCUT2D eigenvalue weighted by Crippen LogP contribution is 2.24. The predicted molar refractivity (Wildman–Crippen MR) is 55.0 cm³/mol. The minimum absolute atomic E-state index is 0.0955. The molecule has 0 heterocycles. The van der Waals surface area contributed by atoms with Gasteiger partial charge in [0, 0.05) is 5.69 Å². The highest BCUT2D eigenvalue weighted by atomic mass is 35.5. The molecule has 1 aromatic carbocycles. The molecule has 0 radical (unpaired) electrons. The highest BCUT2D eigenvalue weighted by Gasteiger charge is 2.15. The number of rotatable bonds is 2. The number of Topliss-reactive ketones (excluding diaryl/α,β-unsaturated/α-hetero) is 1. The lowest BCUT2D eigenvalue weighted by Crippen LogP contribution is -2.10. The summed E-state index contributed by atoms with van der Waals surface area (Å²) in [5.74, 6) is -0.581. The molecule has 0 atom stereocenters. The number of anilines is 2. The van der Waals surface area contributed by atoms with Gasteiger partial charge in [0.25, 0.3) is 0 Å². The number of nitriles is 1. The van der Waals surface area contributed by atoms with Crippen LogP contribution in [0.25, 0.3) is 0 Å². The van der Waals surface area contributed by atoms with Crippen LogP contribution in [0.15, 0.2) is 12.1 Å². The van der Waals surface area contributed by atoms with E-state index < -0.39 is 0 Å². The number of nitrogens with zero attached hydrogens (tertiary/aromatic N) is 1. The van der Waals surface area contributed by atoms with E-state index in [1.807, 2.05) is 6.07 Å². The van der Waals surface area contributed by atoms with Crippen LogP contribution < -0.4 is 11.5 Å². The first-order chi connectivity index (χ1) is 6.61. The number of nitrogen functional groups attached to an aromatic ring is 2. The molecule has 0 spiro atoms. The lowest BCUT2D eigenvalue weighted by molar-refractivity contribution is 0.102. The molecule has 4 nitrogen and oxygen atoms in total. The molecule has 72 valence electrons. The molecule has 0 amide bonds. The fourth-order valence-corrected chi connectivity index (χ4v) is 1.25. The van der Waals surface area contributed by atoms with Gasteiger partial charge in [-0.1, -0.05) is 0 Å². The first kappa shape index (κ1) is 10.4. The van der Waals surface area contributed by atoms with Crippen LogP contribution in [0.2, 0.25) is 0 Å². The Labute approximate surface area is 86.1 Å². The van der Waals surface area contributed by atoms with Gasteiger partial charge in [-0.2, -0.15) is 5.26 Å². The van der Waals surface area contributed by atoms with E-state index in [1.165, 1.54) is 12.1 Å². The average Bonchev–Trinajstić information content (AvgIpc) is 2.18. The second-order valence-electron chi connectivity index (χ2n) is 2.66. The zero-order valence-corrected chi connectivity index (χ0v) is 8.01. The summed E-state index contributed by atoms with van der Waals surface area (Å²) < 4.78 is 0. The minimum atomic E-state index is -0.376. The fraction of sp³-hybridized carbons (Fsp3) is 0.111. The van der Waals surface area contributed by atoms with E-state index in [9.17, 15) is 4.79 Å². The molecule has 5 heteroatoms. The summed E-state index contributed by atoms with van der Waals surface area (Å²) >= 11 is 5.38. The van der Waals surface area contributed by atoms with Crippen molar-refractivity contribution >= 4 is 28.8 Å². The summed E-state index contributed by atoms with van der Waals surface area (Å²) in [6.45, 7) is 0. The SMILES string of the molecule is N#Cc1ccc(N)c(C(=O)CCl)c1N. The lowest BCUT2D eigenvalue weighted by atomic mass is 10.0. The smallest absolute Gasteiger partial charge is 0.181 e. The van der Waals surface area contributed by atoms with Crippen LogP contribution in [-0.4, -0.2) is 11.7 Å². The maximum absolute atomic E-state index is 11.3. The van der Waals surface area contributed by atoms with Crippen molar-refractivity contribution in [1.29, 1.82) is 5.26 Å². The number of hydrogen-bond acceptors (Lipinski definition) is 4. The number of halogens is 1. The molecule has 0 saturated heterocycles. The normalized spacial score (nSPS) is 9.43. The Hall–Kier alpha value is -1.73. The number of ketones is 1. The Kier molecular flexibility index (Phi) is 2.95. The van der Waals surface area contributed by atoms with E-state index in [4.69, 9.17) is 28.3 Å². The molecule has 4 N–H and O–H groups in total. The number of hydrogen-bond donors (Lipinski definition) is 2. The maximum Gasteiger partial charge on any atom is 0.181 e. The van der Waals surface area contributed by atoms with Crippen molar-refractivity contribution in [3.8, 4) is 6.07 Å². The average molecular weight is 210 g/mol. The van der Waals surface area contributed by atoms with Crippen molar-refractivity contribution in [2.75, 3.05) is 17.3 Å². The molecular weight excluding hydrogens is 202 g/mol. The number of carbonyl (C=O) groups excluding carboxylic acids is 1. The molecule has 0 aliphatic rings. The van der Waals surface area contributed by atoms with Crippen LogP contribution in [0, 0.1) is 11.3 Å². The molecule has 0 aliphatic carbocycles. The van der Waals surface area contributed by atoms with E-state index in [0.29, 0.717) is 0 Å². The quantitative estimate of drug-likeness (QED) is 0.434. The third-order valence-corrected chi connectivity index (χ3v) is 2.04. The lowest BCUT2D eigenvalue weighted by Gasteiger charge is -2.07. The van der Waals surface area contributed by atoms with Crippen LogP contribution >= 0.6 is 11.6 Å². The zero-order valence-electron chi connectivity index (χ0n) is 7.25. The zero-order chi connectivity index (χ0) is 10.7. The van der Waals surface area contributed by atoms with Crippen LogP contribution in [0.4, 0.5) is 11.4 Å². The van der Waals surface area contributed by atoms with E-state index in [2.05, 4.69) is 0 Å². The third-order valence-electron chi connectivity index (χ3n) is 1.80. The van der Waals surface area contributed by atoms with Crippen LogP contribution in [0.1, 0.15) is 15.9 Å². The monoisotopic (exact) mass is 209 g/mol. The van der Waals surface area contributed by atoms with Gasteiger partial charge < -0.3 is 11.5 Å². The van der Waals surface area contributed by atoms with Gasteiger partial charge in [-0.15, -0.1) is 11.6 Å². The molecule has 0 bridgehead atoms. The van der Waals surface area contributed by atoms with Crippen molar-refractivity contribution in [2.45, 2.75) is 0 Å². The Morgan fingerprint density at radius 3 is 2.64 bits per heavy atom. The second-order valence-corrected chi connectivity index (χ2v) is 2.93. The van der Waals surface area contributed by atoms with Crippen LogP contribution in [0.3, 0.4) is 0 Å². The second kappa shape index (κ2) is 3.99. The van der Waals surface area contributed by atoms with E-state index >= 15 is 0 Å². The van der Waals surface area contributed by atoms with Gasteiger partial charge in [-0.05, 0) is 12.1 Å². The largest absolute Gasteiger partial charge is 0.398 e. The Bertz CT molecular complexity index is 423. The van der Waals surface area contributed by atoms with Gasteiger partial charge in [0.05, 0.1) is 22.7 Å². The number of benzene rings is 1. The van der Waals surface area contributed by atoms with Gasteiger partial charge in [0.2, 0.25) is 0 Å². The van der Waals surface area contributed by atoms with Gasteiger partial charge in [-0.3, -0.25) is 4.79 Å². The molecule has 14 heavy (non-hydrogen) atoms. The Morgan fingerprint density at radius 2 is 2.14 bits per heavy atom.